The largest absolute Gasteiger partial charge is 0.457 e. The zero-order valence-corrected chi connectivity index (χ0v) is 11.9. The van der Waals surface area contributed by atoms with Crippen LogP contribution in [0.3, 0.4) is 0 Å². The Bertz CT molecular complexity index is 766. The third kappa shape index (κ3) is 3.69. The second-order valence-electron chi connectivity index (χ2n) is 4.89. The number of rotatable bonds is 3. The zero-order valence-electron chi connectivity index (χ0n) is 11.9. The third-order valence-corrected chi connectivity index (χ3v) is 3.27. The average Bonchev–Trinajstić information content (AvgIpc) is 2.56. The summed E-state index contributed by atoms with van der Waals surface area (Å²) in [7, 11) is 0. The molecule has 0 aliphatic rings. The second-order valence-corrected chi connectivity index (χ2v) is 4.89. The summed E-state index contributed by atoms with van der Waals surface area (Å²) in [5.41, 5.74) is 1.27. The number of pyridine rings is 1. The molecule has 0 unspecified atom stereocenters. The van der Waals surface area contributed by atoms with Crippen molar-refractivity contribution in [3.8, 4) is 22.6 Å². The molecule has 3 rings (SSSR count). The Kier molecular flexibility index (Phi) is 4.02. The molecule has 0 radical (unpaired) electrons. The summed E-state index contributed by atoms with van der Waals surface area (Å²) in [6.45, 7) is 0. The fourth-order valence-electron chi connectivity index (χ4n) is 2.10. The molecule has 0 saturated heterocycles. The number of nitrogens with zero attached hydrogens (tertiary/aromatic N) is 1. The molecule has 0 aliphatic heterocycles. The molecule has 0 atom stereocenters. The van der Waals surface area contributed by atoms with Crippen molar-refractivity contribution in [3.05, 3.63) is 78.6 Å². The Morgan fingerprint density at radius 1 is 0.739 bits per heavy atom. The van der Waals surface area contributed by atoms with Gasteiger partial charge in [0.05, 0.1) is 5.56 Å². The van der Waals surface area contributed by atoms with Gasteiger partial charge in [0.25, 0.3) is 0 Å². The van der Waals surface area contributed by atoms with Gasteiger partial charge in [-0.3, -0.25) is 4.98 Å². The van der Waals surface area contributed by atoms with Crippen LogP contribution >= 0.6 is 0 Å². The van der Waals surface area contributed by atoms with Crippen molar-refractivity contribution in [1.29, 1.82) is 0 Å². The van der Waals surface area contributed by atoms with Crippen molar-refractivity contribution in [2.75, 3.05) is 0 Å². The zero-order chi connectivity index (χ0) is 16.3. The molecule has 0 aliphatic carbocycles. The highest BCUT2D eigenvalue weighted by Gasteiger charge is 2.30. The van der Waals surface area contributed by atoms with E-state index in [9.17, 15) is 13.2 Å². The highest BCUT2D eigenvalue weighted by Crippen LogP contribution is 2.31. The third-order valence-electron chi connectivity index (χ3n) is 3.27. The van der Waals surface area contributed by atoms with Gasteiger partial charge in [0.1, 0.15) is 11.5 Å². The van der Waals surface area contributed by atoms with Crippen molar-refractivity contribution < 1.29 is 17.9 Å². The minimum absolute atomic E-state index is 0.354. The van der Waals surface area contributed by atoms with Crippen LogP contribution < -0.4 is 4.74 Å². The average molecular weight is 315 g/mol. The lowest BCUT2D eigenvalue weighted by Crippen LogP contribution is -2.03. The van der Waals surface area contributed by atoms with Crippen molar-refractivity contribution in [3.63, 3.8) is 0 Å². The monoisotopic (exact) mass is 315 g/mol. The molecular formula is C18H12F3NO. The second kappa shape index (κ2) is 6.12. The molecule has 23 heavy (non-hydrogen) atoms. The number of aromatic nitrogens is 1. The van der Waals surface area contributed by atoms with Crippen LogP contribution in [-0.2, 0) is 6.18 Å². The van der Waals surface area contributed by atoms with E-state index < -0.39 is 11.7 Å². The first-order chi connectivity index (χ1) is 11.0. The van der Waals surface area contributed by atoms with Gasteiger partial charge in [-0.05, 0) is 53.6 Å². The van der Waals surface area contributed by atoms with Crippen molar-refractivity contribution >= 4 is 0 Å². The van der Waals surface area contributed by atoms with E-state index in [4.69, 9.17) is 4.74 Å². The summed E-state index contributed by atoms with van der Waals surface area (Å²) in [5.74, 6) is 0.907. The molecule has 1 heterocycles. The quantitative estimate of drug-likeness (QED) is 0.631. The van der Waals surface area contributed by atoms with Gasteiger partial charge in [-0.1, -0.05) is 18.2 Å². The molecule has 0 N–H and O–H groups in total. The van der Waals surface area contributed by atoms with Crippen LogP contribution in [0.4, 0.5) is 13.2 Å². The van der Waals surface area contributed by atoms with Crippen LogP contribution in [0.15, 0.2) is 73.1 Å². The highest BCUT2D eigenvalue weighted by atomic mass is 19.4. The summed E-state index contributed by atoms with van der Waals surface area (Å²) in [4.78, 5) is 4.06. The maximum Gasteiger partial charge on any atom is 0.416 e. The van der Waals surface area contributed by atoms with E-state index in [-0.39, 0.29) is 0 Å². The smallest absolute Gasteiger partial charge is 0.416 e. The number of ether oxygens (including phenoxy) is 1. The normalized spacial score (nSPS) is 11.3. The van der Waals surface area contributed by atoms with Gasteiger partial charge in [-0.2, -0.15) is 13.2 Å². The molecule has 1 aromatic heterocycles. The van der Waals surface area contributed by atoms with Crippen molar-refractivity contribution in [1.82, 2.24) is 4.98 Å². The molecular weight excluding hydrogens is 303 g/mol. The number of hydrogen-bond acceptors (Lipinski definition) is 2. The molecule has 5 heteroatoms. The van der Waals surface area contributed by atoms with Crippen LogP contribution in [0, 0.1) is 0 Å². The number of hydrogen-bond donors (Lipinski definition) is 0. The fraction of sp³-hybridized carbons (Fsp3) is 0.0556. The van der Waals surface area contributed by atoms with Gasteiger partial charge in [0.2, 0.25) is 0 Å². The van der Waals surface area contributed by atoms with E-state index >= 15 is 0 Å². The molecule has 2 aromatic carbocycles. The highest BCUT2D eigenvalue weighted by molar-refractivity contribution is 5.63. The lowest BCUT2D eigenvalue weighted by atomic mass is 10.1. The first-order valence-corrected chi connectivity index (χ1v) is 6.88. The van der Waals surface area contributed by atoms with Gasteiger partial charge in [-0.15, -0.1) is 0 Å². The molecule has 0 bridgehead atoms. The predicted octanol–water partition coefficient (Wildman–Crippen LogP) is 5.56. The van der Waals surface area contributed by atoms with E-state index in [1.54, 1.807) is 24.5 Å². The Balaban J connectivity index is 1.74. The summed E-state index contributed by atoms with van der Waals surface area (Å²) in [6.07, 6.45) is -0.888. The van der Waals surface area contributed by atoms with E-state index in [1.807, 2.05) is 24.3 Å². The Morgan fingerprint density at radius 3 is 1.87 bits per heavy atom. The van der Waals surface area contributed by atoms with Crippen LogP contribution in [0.1, 0.15) is 5.56 Å². The van der Waals surface area contributed by atoms with Crippen molar-refractivity contribution in [2.45, 2.75) is 6.18 Å². The minimum atomic E-state index is -4.34. The Morgan fingerprint density at radius 2 is 1.35 bits per heavy atom. The van der Waals surface area contributed by atoms with Crippen molar-refractivity contribution in [2.24, 2.45) is 0 Å². The number of alkyl halides is 3. The van der Waals surface area contributed by atoms with E-state index in [0.717, 1.165) is 23.3 Å². The van der Waals surface area contributed by atoms with Crippen LogP contribution in [0.25, 0.3) is 11.1 Å². The standard InChI is InChI=1S/C18H12F3NO/c19-18(20,21)15-5-9-17(10-6-15)23-16-7-3-13(4-8-16)14-2-1-11-22-12-14/h1-12H. The molecule has 116 valence electrons. The Hall–Kier alpha value is -2.82. The fourth-order valence-corrected chi connectivity index (χ4v) is 2.10. The van der Waals surface area contributed by atoms with Gasteiger partial charge in [0.15, 0.2) is 0 Å². The molecule has 0 saturated carbocycles. The molecule has 3 aromatic rings. The van der Waals surface area contributed by atoms with E-state index in [2.05, 4.69) is 4.98 Å². The lowest BCUT2D eigenvalue weighted by Gasteiger charge is -2.09. The van der Waals surface area contributed by atoms with Crippen LogP contribution in [0.2, 0.25) is 0 Å². The molecule has 0 amide bonds. The summed E-state index contributed by atoms with van der Waals surface area (Å²) < 4.78 is 43.1. The first kappa shape index (κ1) is 15.1. The predicted molar refractivity (Wildman–Crippen MR) is 81.2 cm³/mol. The summed E-state index contributed by atoms with van der Waals surface area (Å²) >= 11 is 0. The lowest BCUT2D eigenvalue weighted by molar-refractivity contribution is -0.137. The van der Waals surface area contributed by atoms with Gasteiger partial charge < -0.3 is 4.74 Å². The SMILES string of the molecule is FC(F)(F)c1ccc(Oc2ccc(-c3cccnc3)cc2)cc1. The first-order valence-electron chi connectivity index (χ1n) is 6.88. The van der Waals surface area contributed by atoms with Crippen LogP contribution in [0.5, 0.6) is 11.5 Å². The van der Waals surface area contributed by atoms with Gasteiger partial charge in [-0.25, -0.2) is 0 Å². The topological polar surface area (TPSA) is 22.1 Å². The Labute approximate surface area is 131 Å². The van der Waals surface area contributed by atoms with Crippen LogP contribution in [-0.4, -0.2) is 4.98 Å². The molecule has 0 fully saturated rings. The van der Waals surface area contributed by atoms with E-state index in [1.165, 1.54) is 12.1 Å². The maximum atomic E-state index is 12.5. The summed E-state index contributed by atoms with van der Waals surface area (Å²) in [6, 6.07) is 15.7. The van der Waals surface area contributed by atoms with Gasteiger partial charge in [0, 0.05) is 12.4 Å². The molecule has 2 nitrogen and oxygen atoms in total. The van der Waals surface area contributed by atoms with E-state index in [0.29, 0.717) is 11.5 Å². The molecule has 0 spiro atoms. The van der Waals surface area contributed by atoms with Gasteiger partial charge >= 0.3 is 6.18 Å². The maximum absolute atomic E-state index is 12.5. The summed E-state index contributed by atoms with van der Waals surface area (Å²) in [5, 5.41) is 0. The number of benzene rings is 2. The number of halogens is 3. The minimum Gasteiger partial charge on any atom is -0.457 e.